The normalized spacial score (nSPS) is 10.7. The second-order valence-corrected chi connectivity index (χ2v) is 3.85. The number of aryl methyl sites for hydroxylation is 2. The summed E-state index contributed by atoms with van der Waals surface area (Å²) in [6, 6.07) is 2.78. The van der Waals surface area contributed by atoms with Crippen LogP contribution in [0.15, 0.2) is 18.3 Å². The summed E-state index contributed by atoms with van der Waals surface area (Å²) in [6.07, 6.45) is 1.49. The molecule has 0 bridgehead atoms. The molecule has 0 radical (unpaired) electrons. The predicted octanol–water partition coefficient (Wildman–Crippen LogP) is 1.37. The number of hydrogen-bond acceptors (Lipinski definition) is 5. The molecule has 106 valence electrons. The fraction of sp³-hybridized carbons (Fsp3) is 0.273. The quantitative estimate of drug-likeness (QED) is 0.916. The molecule has 1 amide bonds. The molecular formula is C11H11F2N5O2. The van der Waals surface area contributed by atoms with Crippen LogP contribution in [0.25, 0.3) is 0 Å². The highest BCUT2D eigenvalue weighted by Gasteiger charge is 2.17. The molecule has 2 rings (SSSR count). The molecule has 0 aromatic carbocycles. The van der Waals surface area contributed by atoms with E-state index >= 15 is 0 Å². The minimum atomic E-state index is -2.98. The lowest BCUT2D eigenvalue weighted by Gasteiger charge is -2.01. The minimum Gasteiger partial charge on any atom is -0.417 e. The Morgan fingerprint density at radius 2 is 2.25 bits per heavy atom. The molecule has 0 unspecified atom stereocenters. The molecule has 0 aliphatic rings. The maximum atomic E-state index is 12.1. The molecule has 0 aliphatic heterocycles. The van der Waals surface area contributed by atoms with Crippen LogP contribution in [0.5, 0.6) is 5.88 Å². The molecule has 0 atom stereocenters. The maximum absolute atomic E-state index is 12.1. The van der Waals surface area contributed by atoms with Crippen molar-refractivity contribution < 1.29 is 18.3 Å². The highest BCUT2D eigenvalue weighted by Crippen LogP contribution is 2.15. The summed E-state index contributed by atoms with van der Waals surface area (Å²) < 4.78 is 29.5. The van der Waals surface area contributed by atoms with Crippen LogP contribution >= 0.6 is 0 Å². The Morgan fingerprint density at radius 3 is 2.90 bits per heavy atom. The summed E-state index contributed by atoms with van der Waals surface area (Å²) in [6.45, 7) is -1.24. The summed E-state index contributed by atoms with van der Waals surface area (Å²) in [5.74, 6) is -0.720. The Bertz CT molecular complexity index is 629. The molecule has 2 aromatic heterocycles. The number of nitrogens with zero attached hydrogens (tertiary/aromatic N) is 4. The zero-order valence-corrected chi connectivity index (χ0v) is 10.7. The molecule has 7 nitrogen and oxygen atoms in total. The lowest BCUT2D eigenvalue weighted by Crippen LogP contribution is -2.15. The van der Waals surface area contributed by atoms with Crippen molar-refractivity contribution in [1.29, 1.82) is 0 Å². The number of ether oxygens (including phenoxy) is 1. The number of amides is 1. The first-order valence-electron chi connectivity index (χ1n) is 5.55. The summed E-state index contributed by atoms with van der Waals surface area (Å²) >= 11 is 0. The Balaban J connectivity index is 2.13. The second kappa shape index (κ2) is 5.59. The van der Waals surface area contributed by atoms with Gasteiger partial charge in [0.05, 0.1) is 0 Å². The van der Waals surface area contributed by atoms with E-state index < -0.39 is 12.5 Å². The van der Waals surface area contributed by atoms with Crippen molar-refractivity contribution in [3.8, 4) is 5.88 Å². The van der Waals surface area contributed by atoms with Crippen molar-refractivity contribution in [3.63, 3.8) is 0 Å². The first-order valence-corrected chi connectivity index (χ1v) is 5.55. The van der Waals surface area contributed by atoms with Crippen LogP contribution in [-0.4, -0.2) is 32.3 Å². The van der Waals surface area contributed by atoms with Crippen LogP contribution in [0.3, 0.4) is 0 Å². The van der Waals surface area contributed by atoms with Gasteiger partial charge in [0.25, 0.3) is 5.91 Å². The lowest BCUT2D eigenvalue weighted by molar-refractivity contribution is -0.0553. The third-order valence-electron chi connectivity index (χ3n) is 2.30. The SMILES string of the molecule is Cc1ccnc(NC(=O)c2cc(OC(F)F)n(C)n2)n1. The van der Waals surface area contributed by atoms with Crippen molar-refractivity contribution >= 4 is 11.9 Å². The number of carbonyl (C=O) groups is 1. The van der Waals surface area contributed by atoms with E-state index in [2.05, 4.69) is 25.1 Å². The van der Waals surface area contributed by atoms with E-state index in [4.69, 9.17) is 0 Å². The van der Waals surface area contributed by atoms with Crippen molar-refractivity contribution in [1.82, 2.24) is 19.7 Å². The van der Waals surface area contributed by atoms with Gasteiger partial charge >= 0.3 is 6.61 Å². The van der Waals surface area contributed by atoms with Gasteiger partial charge in [-0.25, -0.2) is 14.6 Å². The standard InChI is InChI=1S/C11H11F2N5O2/c1-6-3-4-14-11(15-6)16-9(19)7-5-8(18(2)17-7)20-10(12)13/h3-5,10H,1-2H3,(H,14,15,16,19). The van der Waals surface area contributed by atoms with Gasteiger partial charge in [0, 0.05) is 25.0 Å². The average Bonchev–Trinajstić information content (AvgIpc) is 2.70. The Labute approximate surface area is 112 Å². The van der Waals surface area contributed by atoms with E-state index in [1.165, 1.54) is 13.2 Å². The molecule has 0 saturated carbocycles. The van der Waals surface area contributed by atoms with E-state index in [1.807, 2.05) is 0 Å². The topological polar surface area (TPSA) is 81.9 Å². The zero-order chi connectivity index (χ0) is 14.7. The third-order valence-corrected chi connectivity index (χ3v) is 2.30. The number of anilines is 1. The first kappa shape index (κ1) is 13.8. The van der Waals surface area contributed by atoms with Gasteiger partial charge in [-0.05, 0) is 13.0 Å². The molecule has 0 saturated heterocycles. The Morgan fingerprint density at radius 1 is 1.50 bits per heavy atom. The van der Waals surface area contributed by atoms with Crippen molar-refractivity contribution in [3.05, 3.63) is 29.7 Å². The van der Waals surface area contributed by atoms with Crippen LogP contribution in [-0.2, 0) is 7.05 Å². The van der Waals surface area contributed by atoms with Gasteiger partial charge in [0.2, 0.25) is 11.8 Å². The van der Waals surface area contributed by atoms with Crippen molar-refractivity contribution in [2.45, 2.75) is 13.5 Å². The highest BCUT2D eigenvalue weighted by atomic mass is 19.3. The number of hydrogen-bond donors (Lipinski definition) is 1. The summed E-state index contributed by atoms with van der Waals surface area (Å²) in [5, 5.41) is 6.19. The molecule has 0 fully saturated rings. The van der Waals surface area contributed by atoms with E-state index in [9.17, 15) is 13.6 Å². The number of aromatic nitrogens is 4. The number of alkyl halides is 2. The Kier molecular flexibility index (Phi) is 3.87. The highest BCUT2D eigenvalue weighted by molar-refractivity contribution is 6.02. The Hall–Kier alpha value is -2.58. The number of rotatable bonds is 4. The van der Waals surface area contributed by atoms with Crippen molar-refractivity contribution in [2.24, 2.45) is 7.05 Å². The molecule has 2 aromatic rings. The monoisotopic (exact) mass is 283 g/mol. The van der Waals surface area contributed by atoms with Crippen LogP contribution in [0, 0.1) is 6.92 Å². The second-order valence-electron chi connectivity index (χ2n) is 3.85. The average molecular weight is 283 g/mol. The van der Waals surface area contributed by atoms with Crippen LogP contribution in [0.4, 0.5) is 14.7 Å². The van der Waals surface area contributed by atoms with E-state index in [1.54, 1.807) is 13.0 Å². The number of carbonyl (C=O) groups excluding carboxylic acids is 1. The van der Waals surface area contributed by atoms with Gasteiger partial charge in [-0.15, -0.1) is 0 Å². The van der Waals surface area contributed by atoms with Gasteiger partial charge in [-0.1, -0.05) is 0 Å². The van der Waals surface area contributed by atoms with E-state index in [0.29, 0.717) is 5.69 Å². The van der Waals surface area contributed by atoms with Gasteiger partial charge in [0.1, 0.15) is 0 Å². The number of halogens is 2. The molecule has 0 spiro atoms. The summed E-state index contributed by atoms with van der Waals surface area (Å²) in [5.41, 5.74) is 0.603. The lowest BCUT2D eigenvalue weighted by atomic mass is 10.4. The van der Waals surface area contributed by atoms with Crippen LogP contribution < -0.4 is 10.1 Å². The van der Waals surface area contributed by atoms with Gasteiger partial charge in [-0.3, -0.25) is 10.1 Å². The fourth-order valence-corrected chi connectivity index (χ4v) is 1.44. The fourth-order valence-electron chi connectivity index (χ4n) is 1.44. The maximum Gasteiger partial charge on any atom is 0.388 e. The predicted molar refractivity (Wildman–Crippen MR) is 64.6 cm³/mol. The molecular weight excluding hydrogens is 272 g/mol. The summed E-state index contributed by atoms with van der Waals surface area (Å²) in [4.78, 5) is 19.7. The smallest absolute Gasteiger partial charge is 0.388 e. The molecule has 20 heavy (non-hydrogen) atoms. The summed E-state index contributed by atoms with van der Waals surface area (Å²) in [7, 11) is 1.39. The molecule has 9 heteroatoms. The molecule has 2 heterocycles. The van der Waals surface area contributed by atoms with Crippen LogP contribution in [0.1, 0.15) is 16.2 Å². The van der Waals surface area contributed by atoms with Gasteiger partial charge in [-0.2, -0.15) is 13.9 Å². The van der Waals surface area contributed by atoms with E-state index in [-0.39, 0.29) is 17.5 Å². The van der Waals surface area contributed by atoms with Gasteiger partial charge in [0.15, 0.2) is 5.69 Å². The van der Waals surface area contributed by atoms with Crippen molar-refractivity contribution in [2.75, 3.05) is 5.32 Å². The zero-order valence-electron chi connectivity index (χ0n) is 10.7. The number of nitrogens with one attached hydrogen (secondary N) is 1. The van der Waals surface area contributed by atoms with Gasteiger partial charge < -0.3 is 4.74 Å². The minimum absolute atomic E-state index is 0.0757. The first-order chi connectivity index (χ1) is 9.45. The molecule has 1 N–H and O–H groups in total. The molecule has 0 aliphatic carbocycles. The van der Waals surface area contributed by atoms with E-state index in [0.717, 1.165) is 10.7 Å². The largest absolute Gasteiger partial charge is 0.417 e. The third kappa shape index (κ3) is 3.25. The van der Waals surface area contributed by atoms with Crippen LogP contribution in [0.2, 0.25) is 0 Å².